The number of hydrogen-bond acceptors (Lipinski definition) is 3. The first-order chi connectivity index (χ1) is 7.70. The molecule has 0 aromatic heterocycles. The third-order valence-electron chi connectivity index (χ3n) is 3.01. The molecule has 1 aliphatic rings. The Morgan fingerprint density at radius 1 is 1.56 bits per heavy atom. The molecule has 0 amide bonds. The maximum Gasteiger partial charge on any atom is 0.0796 e. The fourth-order valence-corrected chi connectivity index (χ4v) is 5.19. The number of thiocarbonyl (C=S) groups is 1. The first-order valence-electron chi connectivity index (χ1n) is 5.78. The van der Waals surface area contributed by atoms with Crippen molar-refractivity contribution in [1.29, 1.82) is 0 Å². The van der Waals surface area contributed by atoms with Gasteiger partial charge in [-0.3, -0.25) is 4.21 Å². The second kappa shape index (κ2) is 7.62. The maximum absolute atomic E-state index is 12.5. The fourth-order valence-electron chi connectivity index (χ4n) is 2.10. The molecule has 0 N–H and O–H groups in total. The SMILES string of the molecule is C=CC[C@@H](C(=S)SC)[S@@](=O)C1CCCCC1. The highest BCUT2D eigenvalue weighted by atomic mass is 32.2. The van der Waals surface area contributed by atoms with Crippen LogP contribution in [-0.2, 0) is 10.8 Å². The van der Waals surface area contributed by atoms with Gasteiger partial charge in [-0.05, 0) is 25.5 Å². The Morgan fingerprint density at radius 3 is 2.69 bits per heavy atom. The Bertz CT molecular complexity index is 269. The molecular formula is C12H20OS3. The van der Waals surface area contributed by atoms with Gasteiger partial charge in [0.1, 0.15) is 0 Å². The lowest BCUT2D eigenvalue weighted by Gasteiger charge is -2.25. The highest BCUT2D eigenvalue weighted by Crippen LogP contribution is 2.26. The van der Waals surface area contributed by atoms with E-state index in [0.29, 0.717) is 5.25 Å². The van der Waals surface area contributed by atoms with E-state index < -0.39 is 10.8 Å². The average molecular weight is 276 g/mol. The van der Waals surface area contributed by atoms with Crippen LogP contribution in [0, 0.1) is 0 Å². The van der Waals surface area contributed by atoms with E-state index in [9.17, 15) is 4.21 Å². The molecule has 0 saturated heterocycles. The van der Waals surface area contributed by atoms with Crippen molar-refractivity contribution in [3.63, 3.8) is 0 Å². The summed E-state index contributed by atoms with van der Waals surface area (Å²) in [5.41, 5.74) is 0. The van der Waals surface area contributed by atoms with E-state index >= 15 is 0 Å². The van der Waals surface area contributed by atoms with E-state index in [1.165, 1.54) is 19.3 Å². The molecule has 92 valence electrons. The second-order valence-electron chi connectivity index (χ2n) is 4.12. The van der Waals surface area contributed by atoms with Gasteiger partial charge in [-0.15, -0.1) is 18.3 Å². The summed E-state index contributed by atoms with van der Waals surface area (Å²) in [5.74, 6) is 0. The van der Waals surface area contributed by atoms with Crippen molar-refractivity contribution in [3.05, 3.63) is 12.7 Å². The molecule has 16 heavy (non-hydrogen) atoms. The summed E-state index contributed by atoms with van der Waals surface area (Å²) in [6.07, 6.45) is 10.5. The van der Waals surface area contributed by atoms with Crippen molar-refractivity contribution in [2.24, 2.45) is 0 Å². The average Bonchev–Trinajstić information content (AvgIpc) is 2.35. The van der Waals surface area contributed by atoms with Crippen LogP contribution in [-0.4, -0.2) is 25.2 Å². The van der Waals surface area contributed by atoms with E-state index in [-0.39, 0.29) is 5.25 Å². The predicted octanol–water partition coefficient (Wildman–Crippen LogP) is 3.70. The molecule has 0 spiro atoms. The lowest BCUT2D eigenvalue weighted by Crippen LogP contribution is -2.31. The molecule has 1 aliphatic carbocycles. The monoisotopic (exact) mass is 276 g/mol. The van der Waals surface area contributed by atoms with Gasteiger partial charge in [-0.2, -0.15) is 0 Å². The number of rotatable bonds is 5. The normalized spacial score (nSPS) is 21.3. The minimum atomic E-state index is -0.807. The third kappa shape index (κ3) is 3.97. The van der Waals surface area contributed by atoms with E-state index in [1.807, 2.05) is 12.3 Å². The zero-order valence-electron chi connectivity index (χ0n) is 9.81. The molecule has 1 saturated carbocycles. The molecule has 1 fully saturated rings. The van der Waals surface area contributed by atoms with Gasteiger partial charge in [0.05, 0.1) is 9.45 Å². The number of thioether (sulfide) groups is 1. The predicted molar refractivity (Wildman–Crippen MR) is 79.7 cm³/mol. The summed E-state index contributed by atoms with van der Waals surface area (Å²) in [6, 6.07) is 0. The van der Waals surface area contributed by atoms with Crippen LogP contribution in [0.2, 0.25) is 0 Å². The first-order valence-corrected chi connectivity index (χ1v) is 8.69. The smallest absolute Gasteiger partial charge is 0.0796 e. The standard InChI is InChI=1S/C12H20OS3/c1-3-7-11(12(14)15-2)16(13)10-8-5-4-6-9-10/h3,10-11H,1,4-9H2,2H3/t11-,16-/m0/s1. The molecule has 0 aliphatic heterocycles. The van der Waals surface area contributed by atoms with Crippen LogP contribution in [0.3, 0.4) is 0 Å². The van der Waals surface area contributed by atoms with Crippen molar-refractivity contribution in [2.45, 2.75) is 49.0 Å². The van der Waals surface area contributed by atoms with Gasteiger partial charge in [0, 0.05) is 16.0 Å². The van der Waals surface area contributed by atoms with Crippen LogP contribution in [0.5, 0.6) is 0 Å². The number of hydrogen-bond donors (Lipinski definition) is 0. The van der Waals surface area contributed by atoms with E-state index in [1.54, 1.807) is 11.8 Å². The van der Waals surface area contributed by atoms with Crippen LogP contribution in [0.4, 0.5) is 0 Å². The van der Waals surface area contributed by atoms with Gasteiger partial charge in [0.2, 0.25) is 0 Å². The highest BCUT2D eigenvalue weighted by molar-refractivity contribution is 8.24. The summed E-state index contributed by atoms with van der Waals surface area (Å²) in [5, 5.41) is 0.398. The van der Waals surface area contributed by atoms with Crippen LogP contribution >= 0.6 is 24.0 Å². The lowest BCUT2D eigenvalue weighted by molar-refractivity contribution is 0.503. The zero-order chi connectivity index (χ0) is 12.0. The minimum absolute atomic E-state index is 0.0330. The van der Waals surface area contributed by atoms with Crippen molar-refractivity contribution < 1.29 is 4.21 Å². The molecule has 0 heterocycles. The second-order valence-corrected chi connectivity index (χ2v) is 7.56. The van der Waals surface area contributed by atoms with Gasteiger partial charge in [-0.25, -0.2) is 0 Å². The van der Waals surface area contributed by atoms with Gasteiger partial charge >= 0.3 is 0 Å². The molecule has 1 nitrogen and oxygen atoms in total. The molecule has 0 bridgehead atoms. The van der Waals surface area contributed by atoms with E-state index in [4.69, 9.17) is 12.2 Å². The molecule has 2 atom stereocenters. The molecule has 0 radical (unpaired) electrons. The molecule has 0 unspecified atom stereocenters. The van der Waals surface area contributed by atoms with Gasteiger partial charge in [-0.1, -0.05) is 37.6 Å². The van der Waals surface area contributed by atoms with Crippen LogP contribution in [0.15, 0.2) is 12.7 Å². The maximum atomic E-state index is 12.5. The molecule has 4 heteroatoms. The Morgan fingerprint density at radius 2 is 2.19 bits per heavy atom. The topological polar surface area (TPSA) is 17.1 Å². The summed E-state index contributed by atoms with van der Waals surface area (Å²) in [4.78, 5) is 0. The quantitative estimate of drug-likeness (QED) is 0.563. The molecule has 0 aromatic rings. The summed E-state index contributed by atoms with van der Waals surface area (Å²) < 4.78 is 13.3. The minimum Gasteiger partial charge on any atom is -0.259 e. The van der Waals surface area contributed by atoms with Gasteiger partial charge < -0.3 is 0 Å². The number of allylic oxidation sites excluding steroid dienone is 1. The van der Waals surface area contributed by atoms with Crippen molar-refractivity contribution in [2.75, 3.05) is 6.26 Å². The zero-order valence-corrected chi connectivity index (χ0v) is 12.3. The Labute approximate surface area is 111 Å². The van der Waals surface area contributed by atoms with Crippen LogP contribution in [0.1, 0.15) is 38.5 Å². The van der Waals surface area contributed by atoms with Crippen molar-refractivity contribution >= 4 is 39.0 Å². The van der Waals surface area contributed by atoms with Gasteiger partial charge in [0.15, 0.2) is 0 Å². The fraction of sp³-hybridized carbons (Fsp3) is 0.750. The molecular weight excluding hydrogens is 256 g/mol. The Hall–Kier alpha value is 0.330. The van der Waals surface area contributed by atoms with Crippen LogP contribution in [0.25, 0.3) is 0 Å². The summed E-state index contributed by atoms with van der Waals surface area (Å²) >= 11 is 6.87. The molecule has 0 aromatic carbocycles. The Kier molecular flexibility index (Phi) is 6.85. The van der Waals surface area contributed by atoms with Crippen molar-refractivity contribution in [1.82, 2.24) is 0 Å². The van der Waals surface area contributed by atoms with Crippen molar-refractivity contribution in [3.8, 4) is 0 Å². The van der Waals surface area contributed by atoms with E-state index in [2.05, 4.69) is 6.58 Å². The molecule has 1 rings (SSSR count). The highest BCUT2D eigenvalue weighted by Gasteiger charge is 2.28. The van der Waals surface area contributed by atoms with Gasteiger partial charge in [0.25, 0.3) is 0 Å². The lowest BCUT2D eigenvalue weighted by atomic mass is 10.0. The first kappa shape index (κ1) is 14.4. The largest absolute Gasteiger partial charge is 0.259 e. The van der Waals surface area contributed by atoms with E-state index in [0.717, 1.165) is 23.5 Å². The third-order valence-corrected chi connectivity index (χ3v) is 6.89. The summed E-state index contributed by atoms with van der Waals surface area (Å²) in [7, 11) is -0.807. The Balaban J connectivity index is 2.64. The van der Waals surface area contributed by atoms with Crippen LogP contribution < -0.4 is 0 Å². The summed E-state index contributed by atoms with van der Waals surface area (Å²) in [6.45, 7) is 3.74.